The van der Waals surface area contributed by atoms with E-state index < -0.39 is 0 Å². The summed E-state index contributed by atoms with van der Waals surface area (Å²) >= 11 is 0. The van der Waals surface area contributed by atoms with E-state index >= 15 is 0 Å². The van der Waals surface area contributed by atoms with Crippen molar-refractivity contribution in [2.45, 2.75) is 26.4 Å². The van der Waals surface area contributed by atoms with E-state index in [9.17, 15) is 0 Å². The van der Waals surface area contributed by atoms with Gasteiger partial charge in [0, 0.05) is 24.7 Å². The molecular weight excluding hydrogens is 224 g/mol. The van der Waals surface area contributed by atoms with Gasteiger partial charge in [0.2, 0.25) is 0 Å². The van der Waals surface area contributed by atoms with Crippen LogP contribution in [0.4, 0.5) is 0 Å². The second-order valence-corrected chi connectivity index (χ2v) is 4.49. The molecule has 0 bridgehead atoms. The number of benzene rings is 1. The Morgan fingerprint density at radius 2 is 2.17 bits per heavy atom. The predicted molar refractivity (Wildman–Crippen MR) is 75.0 cm³/mol. The van der Waals surface area contributed by atoms with Crippen molar-refractivity contribution in [3.63, 3.8) is 0 Å². The number of nitrogens with two attached hydrogens (primary N) is 1. The van der Waals surface area contributed by atoms with E-state index in [0.29, 0.717) is 19.1 Å². The summed E-state index contributed by atoms with van der Waals surface area (Å²) in [6.07, 6.45) is 0. The maximum atomic E-state index is 9.06. The third kappa shape index (κ3) is 4.89. The minimum Gasteiger partial charge on any atom is -0.395 e. The Morgan fingerprint density at radius 1 is 1.39 bits per heavy atom. The number of hydrogen-bond acceptors (Lipinski definition) is 3. The smallest absolute Gasteiger partial charge is 0.0558 e. The Kier molecular flexibility index (Phi) is 6.45. The zero-order valence-corrected chi connectivity index (χ0v) is 11.2. The molecule has 0 aliphatic heterocycles. The lowest BCUT2D eigenvalue weighted by atomic mass is 10.1. The van der Waals surface area contributed by atoms with Crippen LogP contribution in [0.25, 0.3) is 0 Å². The fraction of sp³-hybridized carbons (Fsp3) is 0.467. The van der Waals surface area contributed by atoms with E-state index in [-0.39, 0.29) is 6.61 Å². The molecule has 3 heteroatoms. The Bertz CT molecular complexity index is 418. The largest absolute Gasteiger partial charge is 0.395 e. The SMILES string of the molecule is CC(C)N(CCO)Cc1cccc(C#CCN)c1. The van der Waals surface area contributed by atoms with Crippen molar-refractivity contribution in [2.24, 2.45) is 5.73 Å². The quantitative estimate of drug-likeness (QED) is 0.768. The fourth-order valence-corrected chi connectivity index (χ4v) is 1.78. The van der Waals surface area contributed by atoms with Gasteiger partial charge in [-0.1, -0.05) is 24.0 Å². The Balaban J connectivity index is 2.76. The highest BCUT2D eigenvalue weighted by Crippen LogP contribution is 2.10. The maximum absolute atomic E-state index is 9.06. The molecule has 0 aromatic heterocycles. The van der Waals surface area contributed by atoms with Crippen LogP contribution >= 0.6 is 0 Å². The molecule has 0 saturated heterocycles. The summed E-state index contributed by atoms with van der Waals surface area (Å²) in [6.45, 7) is 6.35. The first-order chi connectivity index (χ1) is 8.67. The molecule has 18 heavy (non-hydrogen) atoms. The number of aliphatic hydroxyl groups excluding tert-OH is 1. The molecule has 0 spiro atoms. The molecule has 98 valence electrons. The molecule has 0 aliphatic rings. The van der Waals surface area contributed by atoms with Gasteiger partial charge in [-0.3, -0.25) is 4.90 Å². The van der Waals surface area contributed by atoms with E-state index in [1.807, 2.05) is 12.1 Å². The van der Waals surface area contributed by atoms with Gasteiger partial charge in [-0.15, -0.1) is 0 Å². The molecule has 0 unspecified atom stereocenters. The minimum absolute atomic E-state index is 0.185. The topological polar surface area (TPSA) is 49.5 Å². The van der Waals surface area contributed by atoms with Crippen LogP contribution in [0.2, 0.25) is 0 Å². The second kappa shape index (κ2) is 7.88. The first-order valence-electron chi connectivity index (χ1n) is 6.30. The van der Waals surface area contributed by atoms with Gasteiger partial charge in [0.15, 0.2) is 0 Å². The van der Waals surface area contributed by atoms with Crippen LogP contribution in [0.3, 0.4) is 0 Å². The lowest BCUT2D eigenvalue weighted by Crippen LogP contribution is -2.32. The van der Waals surface area contributed by atoms with Gasteiger partial charge in [-0.2, -0.15) is 0 Å². The molecule has 1 aromatic rings. The average molecular weight is 246 g/mol. The van der Waals surface area contributed by atoms with Gasteiger partial charge in [0.25, 0.3) is 0 Å². The van der Waals surface area contributed by atoms with Gasteiger partial charge >= 0.3 is 0 Å². The average Bonchev–Trinajstić information content (AvgIpc) is 2.36. The minimum atomic E-state index is 0.185. The van der Waals surface area contributed by atoms with Crippen molar-refractivity contribution in [2.75, 3.05) is 19.7 Å². The van der Waals surface area contributed by atoms with Crippen molar-refractivity contribution in [3.8, 4) is 11.8 Å². The van der Waals surface area contributed by atoms with E-state index in [1.165, 1.54) is 5.56 Å². The molecule has 1 rings (SSSR count). The molecule has 0 radical (unpaired) electrons. The van der Waals surface area contributed by atoms with E-state index in [1.54, 1.807) is 0 Å². The number of nitrogens with zero attached hydrogens (tertiary/aromatic N) is 1. The molecule has 0 atom stereocenters. The van der Waals surface area contributed by atoms with Crippen LogP contribution in [0.5, 0.6) is 0 Å². The second-order valence-electron chi connectivity index (χ2n) is 4.49. The molecule has 3 N–H and O–H groups in total. The molecule has 0 saturated carbocycles. The van der Waals surface area contributed by atoms with Crippen LogP contribution in [0.1, 0.15) is 25.0 Å². The van der Waals surface area contributed by atoms with Gasteiger partial charge in [-0.05, 0) is 31.5 Å². The summed E-state index contributed by atoms with van der Waals surface area (Å²) in [7, 11) is 0. The highest BCUT2D eigenvalue weighted by Gasteiger charge is 2.09. The molecular formula is C15H22N2O. The highest BCUT2D eigenvalue weighted by molar-refractivity contribution is 5.37. The summed E-state index contributed by atoms with van der Waals surface area (Å²) < 4.78 is 0. The molecule has 0 aliphatic carbocycles. The van der Waals surface area contributed by atoms with Gasteiger partial charge in [-0.25, -0.2) is 0 Å². The standard InChI is InChI=1S/C15H22N2O/c1-13(2)17(9-10-18)12-15-6-3-5-14(11-15)7-4-8-16/h3,5-6,11,13,18H,8-10,12,16H2,1-2H3. The first-order valence-corrected chi connectivity index (χ1v) is 6.30. The van der Waals surface area contributed by atoms with E-state index in [2.05, 4.69) is 42.7 Å². The van der Waals surface area contributed by atoms with Crippen LogP contribution in [0.15, 0.2) is 24.3 Å². The molecule has 0 fully saturated rings. The summed E-state index contributed by atoms with van der Waals surface area (Å²) in [5.41, 5.74) is 7.57. The summed E-state index contributed by atoms with van der Waals surface area (Å²) in [4.78, 5) is 2.23. The Labute approximate surface area is 110 Å². The number of hydrogen-bond donors (Lipinski definition) is 2. The number of rotatable bonds is 5. The lowest BCUT2D eigenvalue weighted by Gasteiger charge is -2.25. The highest BCUT2D eigenvalue weighted by atomic mass is 16.3. The fourth-order valence-electron chi connectivity index (χ4n) is 1.78. The van der Waals surface area contributed by atoms with Crippen molar-refractivity contribution < 1.29 is 5.11 Å². The first kappa shape index (κ1) is 14.7. The van der Waals surface area contributed by atoms with E-state index in [4.69, 9.17) is 10.8 Å². The summed E-state index contributed by atoms with van der Waals surface area (Å²) in [5.74, 6) is 5.89. The van der Waals surface area contributed by atoms with Gasteiger partial charge < -0.3 is 10.8 Å². The predicted octanol–water partition coefficient (Wildman–Crippen LogP) is 1.20. The molecule has 0 amide bonds. The Hall–Kier alpha value is -1.34. The maximum Gasteiger partial charge on any atom is 0.0558 e. The zero-order chi connectivity index (χ0) is 13.4. The van der Waals surface area contributed by atoms with Crippen LogP contribution in [-0.2, 0) is 6.54 Å². The zero-order valence-electron chi connectivity index (χ0n) is 11.2. The van der Waals surface area contributed by atoms with Gasteiger partial charge in [0.1, 0.15) is 0 Å². The molecule has 1 aromatic carbocycles. The summed E-state index contributed by atoms with van der Waals surface area (Å²) in [5, 5.41) is 9.06. The monoisotopic (exact) mass is 246 g/mol. The third-order valence-electron chi connectivity index (χ3n) is 2.76. The van der Waals surface area contributed by atoms with Crippen LogP contribution in [-0.4, -0.2) is 35.7 Å². The van der Waals surface area contributed by atoms with Crippen LogP contribution in [0, 0.1) is 11.8 Å². The molecule has 0 heterocycles. The van der Waals surface area contributed by atoms with Crippen molar-refractivity contribution in [3.05, 3.63) is 35.4 Å². The van der Waals surface area contributed by atoms with E-state index in [0.717, 1.165) is 12.1 Å². The third-order valence-corrected chi connectivity index (χ3v) is 2.76. The van der Waals surface area contributed by atoms with Crippen molar-refractivity contribution in [1.29, 1.82) is 0 Å². The Morgan fingerprint density at radius 3 is 2.78 bits per heavy atom. The normalized spacial score (nSPS) is 10.6. The van der Waals surface area contributed by atoms with Crippen molar-refractivity contribution >= 4 is 0 Å². The van der Waals surface area contributed by atoms with Crippen molar-refractivity contribution in [1.82, 2.24) is 4.90 Å². The number of aliphatic hydroxyl groups is 1. The molecule has 3 nitrogen and oxygen atoms in total. The lowest BCUT2D eigenvalue weighted by molar-refractivity contribution is 0.159. The summed E-state index contributed by atoms with van der Waals surface area (Å²) in [6, 6.07) is 8.57. The van der Waals surface area contributed by atoms with Gasteiger partial charge in [0.05, 0.1) is 13.2 Å². The van der Waals surface area contributed by atoms with Crippen LogP contribution < -0.4 is 5.73 Å².